The first-order valence-corrected chi connectivity index (χ1v) is 6.97. The predicted octanol–water partition coefficient (Wildman–Crippen LogP) is 3.39. The summed E-state index contributed by atoms with van der Waals surface area (Å²) in [4.78, 5) is 4.61. The highest BCUT2D eigenvalue weighted by molar-refractivity contribution is 6.20. The van der Waals surface area contributed by atoms with Crippen LogP contribution in [0.4, 0.5) is 5.95 Å². The smallest absolute Gasteiger partial charge is 0.203 e. The fourth-order valence-corrected chi connectivity index (χ4v) is 3.12. The molecule has 2 unspecified atom stereocenters. The Morgan fingerprint density at radius 2 is 2.22 bits per heavy atom. The molecule has 96 valence electrons. The van der Waals surface area contributed by atoms with Crippen LogP contribution < -0.4 is 5.32 Å². The fraction of sp³-hybridized carbons (Fsp3) is 0.500. The minimum absolute atomic E-state index is 0.372. The van der Waals surface area contributed by atoms with Crippen LogP contribution in [0.3, 0.4) is 0 Å². The number of halogens is 1. The number of imidazole rings is 1. The molecule has 1 aromatic heterocycles. The van der Waals surface area contributed by atoms with Crippen LogP contribution in [-0.4, -0.2) is 21.5 Å². The zero-order chi connectivity index (χ0) is 12.5. The number of nitrogens with zero attached hydrogens (tertiary/aromatic N) is 2. The largest absolute Gasteiger partial charge is 0.355 e. The molecule has 1 aliphatic carbocycles. The Hall–Kier alpha value is -1.22. The molecule has 1 fully saturated rings. The molecule has 0 bridgehead atoms. The fourth-order valence-electron chi connectivity index (χ4n) is 2.74. The van der Waals surface area contributed by atoms with Gasteiger partial charge >= 0.3 is 0 Å². The monoisotopic (exact) mass is 263 g/mol. The van der Waals surface area contributed by atoms with E-state index in [0.717, 1.165) is 30.9 Å². The van der Waals surface area contributed by atoms with Crippen LogP contribution in [0.25, 0.3) is 11.0 Å². The molecular weight excluding hydrogens is 246 g/mol. The van der Waals surface area contributed by atoms with Crippen LogP contribution in [0.15, 0.2) is 24.3 Å². The number of alkyl halides is 1. The van der Waals surface area contributed by atoms with Crippen LogP contribution in [0.5, 0.6) is 0 Å². The molecule has 1 heterocycles. The van der Waals surface area contributed by atoms with E-state index in [2.05, 4.69) is 28.0 Å². The minimum atomic E-state index is 0.372. The highest BCUT2D eigenvalue weighted by Crippen LogP contribution is 2.29. The van der Waals surface area contributed by atoms with Crippen LogP contribution in [0.1, 0.15) is 19.3 Å². The Kier molecular flexibility index (Phi) is 3.16. The molecule has 0 spiro atoms. The number of aryl methyl sites for hydroxylation is 1. The van der Waals surface area contributed by atoms with E-state index in [0.29, 0.717) is 11.3 Å². The van der Waals surface area contributed by atoms with Gasteiger partial charge in [-0.15, -0.1) is 11.6 Å². The SMILES string of the molecule is Cn1c(NCC2CCC(Cl)C2)nc2ccccc21. The third-order valence-corrected chi connectivity index (χ3v) is 4.21. The summed E-state index contributed by atoms with van der Waals surface area (Å²) in [6.45, 7) is 0.973. The Bertz CT molecular complexity index is 549. The minimum Gasteiger partial charge on any atom is -0.355 e. The zero-order valence-corrected chi connectivity index (χ0v) is 11.3. The molecule has 2 atom stereocenters. The van der Waals surface area contributed by atoms with Crippen LogP contribution in [-0.2, 0) is 7.05 Å². The summed E-state index contributed by atoms with van der Waals surface area (Å²) in [7, 11) is 2.05. The lowest BCUT2D eigenvalue weighted by Crippen LogP contribution is -2.14. The third-order valence-electron chi connectivity index (χ3n) is 3.81. The van der Waals surface area contributed by atoms with E-state index in [1.807, 2.05) is 18.2 Å². The second-order valence-electron chi connectivity index (χ2n) is 5.14. The number of nitrogens with one attached hydrogen (secondary N) is 1. The van der Waals surface area contributed by atoms with Gasteiger partial charge in [0.05, 0.1) is 11.0 Å². The summed E-state index contributed by atoms with van der Waals surface area (Å²) in [5.41, 5.74) is 2.21. The lowest BCUT2D eigenvalue weighted by atomic mass is 10.1. The molecule has 1 aromatic carbocycles. The second kappa shape index (κ2) is 4.81. The molecular formula is C14H18ClN3. The van der Waals surface area contributed by atoms with Gasteiger partial charge in [-0.25, -0.2) is 4.98 Å². The van der Waals surface area contributed by atoms with Gasteiger partial charge < -0.3 is 9.88 Å². The molecule has 1 aliphatic rings. The van der Waals surface area contributed by atoms with Gasteiger partial charge in [-0.05, 0) is 37.3 Å². The van der Waals surface area contributed by atoms with Crippen molar-refractivity contribution >= 4 is 28.6 Å². The van der Waals surface area contributed by atoms with Crippen molar-refractivity contribution in [3.8, 4) is 0 Å². The first-order valence-electron chi connectivity index (χ1n) is 6.53. The van der Waals surface area contributed by atoms with Crippen molar-refractivity contribution in [3.05, 3.63) is 24.3 Å². The molecule has 0 aliphatic heterocycles. The van der Waals surface area contributed by atoms with Gasteiger partial charge in [-0.1, -0.05) is 12.1 Å². The van der Waals surface area contributed by atoms with E-state index in [-0.39, 0.29) is 0 Å². The number of hydrogen-bond acceptors (Lipinski definition) is 2. The summed E-state index contributed by atoms with van der Waals surface area (Å²) in [6, 6.07) is 8.21. The van der Waals surface area contributed by atoms with Gasteiger partial charge in [-0.2, -0.15) is 0 Å². The highest BCUT2D eigenvalue weighted by Gasteiger charge is 2.22. The van der Waals surface area contributed by atoms with E-state index < -0.39 is 0 Å². The molecule has 3 nitrogen and oxygen atoms in total. The molecule has 0 amide bonds. The molecule has 0 saturated heterocycles. The second-order valence-corrected chi connectivity index (χ2v) is 5.76. The Balaban J connectivity index is 1.73. The number of aromatic nitrogens is 2. The first-order chi connectivity index (χ1) is 8.74. The normalized spacial score (nSPS) is 23.7. The van der Waals surface area contributed by atoms with E-state index in [9.17, 15) is 0 Å². The molecule has 0 radical (unpaired) electrons. The maximum absolute atomic E-state index is 6.14. The number of fused-ring (bicyclic) bond motifs is 1. The molecule has 3 rings (SSSR count). The first kappa shape index (κ1) is 11.8. The summed E-state index contributed by atoms with van der Waals surface area (Å²) >= 11 is 6.14. The van der Waals surface area contributed by atoms with Gasteiger partial charge in [0.15, 0.2) is 0 Å². The van der Waals surface area contributed by atoms with Crippen molar-refractivity contribution in [2.24, 2.45) is 13.0 Å². The maximum atomic E-state index is 6.14. The van der Waals surface area contributed by atoms with Gasteiger partial charge in [-0.3, -0.25) is 0 Å². The van der Waals surface area contributed by atoms with E-state index in [1.165, 1.54) is 11.9 Å². The van der Waals surface area contributed by atoms with Crippen molar-refractivity contribution in [3.63, 3.8) is 0 Å². The summed E-state index contributed by atoms with van der Waals surface area (Å²) in [5, 5.41) is 3.83. The van der Waals surface area contributed by atoms with Gasteiger partial charge in [0, 0.05) is 19.0 Å². The topological polar surface area (TPSA) is 29.9 Å². The highest BCUT2D eigenvalue weighted by atomic mass is 35.5. The van der Waals surface area contributed by atoms with Crippen molar-refractivity contribution < 1.29 is 0 Å². The average Bonchev–Trinajstić information content (AvgIpc) is 2.92. The Morgan fingerprint density at radius 1 is 1.39 bits per heavy atom. The number of rotatable bonds is 3. The van der Waals surface area contributed by atoms with Crippen molar-refractivity contribution in [2.45, 2.75) is 24.6 Å². The Morgan fingerprint density at radius 3 is 2.94 bits per heavy atom. The summed E-state index contributed by atoms with van der Waals surface area (Å²) < 4.78 is 2.11. The van der Waals surface area contributed by atoms with Crippen molar-refractivity contribution in [2.75, 3.05) is 11.9 Å². The number of benzene rings is 1. The number of hydrogen-bond donors (Lipinski definition) is 1. The number of anilines is 1. The van der Waals surface area contributed by atoms with E-state index in [4.69, 9.17) is 11.6 Å². The molecule has 2 aromatic rings. The standard InChI is InChI=1S/C14H18ClN3/c1-18-13-5-3-2-4-12(13)17-14(18)16-9-10-6-7-11(15)8-10/h2-5,10-11H,6-9H2,1H3,(H,16,17). The third kappa shape index (κ3) is 2.19. The summed E-state index contributed by atoms with van der Waals surface area (Å²) in [5.74, 6) is 1.64. The lowest BCUT2D eigenvalue weighted by Gasteiger charge is -2.11. The molecule has 1 N–H and O–H groups in total. The van der Waals surface area contributed by atoms with E-state index >= 15 is 0 Å². The maximum Gasteiger partial charge on any atom is 0.203 e. The van der Waals surface area contributed by atoms with Gasteiger partial charge in [0.1, 0.15) is 0 Å². The zero-order valence-electron chi connectivity index (χ0n) is 10.6. The Labute approximate surface area is 112 Å². The predicted molar refractivity (Wildman–Crippen MR) is 76.2 cm³/mol. The molecule has 1 saturated carbocycles. The number of para-hydroxylation sites is 2. The molecule has 4 heteroatoms. The lowest BCUT2D eigenvalue weighted by molar-refractivity contribution is 0.577. The molecule has 18 heavy (non-hydrogen) atoms. The van der Waals surface area contributed by atoms with E-state index in [1.54, 1.807) is 0 Å². The van der Waals surface area contributed by atoms with Crippen molar-refractivity contribution in [1.82, 2.24) is 9.55 Å². The van der Waals surface area contributed by atoms with Crippen LogP contribution in [0, 0.1) is 5.92 Å². The average molecular weight is 264 g/mol. The van der Waals surface area contributed by atoms with Crippen LogP contribution >= 0.6 is 11.6 Å². The van der Waals surface area contributed by atoms with Crippen molar-refractivity contribution in [1.29, 1.82) is 0 Å². The van der Waals surface area contributed by atoms with Gasteiger partial charge in [0.25, 0.3) is 0 Å². The van der Waals surface area contributed by atoms with Crippen LogP contribution in [0.2, 0.25) is 0 Å². The quantitative estimate of drug-likeness (QED) is 0.861. The summed E-state index contributed by atoms with van der Waals surface area (Å²) in [6.07, 6.45) is 3.50. The van der Waals surface area contributed by atoms with Gasteiger partial charge in [0.2, 0.25) is 5.95 Å².